The fraction of sp³-hybridized carbons (Fsp3) is 0.243. The van der Waals surface area contributed by atoms with E-state index in [2.05, 4.69) is 4.98 Å². The molecule has 5 aromatic rings. The number of aromatic nitrogens is 2. The van der Waals surface area contributed by atoms with E-state index in [1.807, 2.05) is 78.9 Å². The fourth-order valence-electron chi connectivity index (χ4n) is 6.06. The van der Waals surface area contributed by atoms with E-state index >= 15 is 0 Å². The van der Waals surface area contributed by atoms with Crippen molar-refractivity contribution in [3.05, 3.63) is 156 Å². The highest BCUT2D eigenvalue weighted by molar-refractivity contribution is 8.06. The molecule has 2 heterocycles. The second-order valence-electron chi connectivity index (χ2n) is 11.9. The molecule has 1 aromatic heterocycles. The molecule has 1 unspecified atom stereocenters. The highest BCUT2D eigenvalue weighted by Crippen LogP contribution is 2.48. The minimum atomic E-state index is -4.27. The molecule has 4 aromatic carbocycles. The molecule has 0 aliphatic carbocycles. The summed E-state index contributed by atoms with van der Waals surface area (Å²) in [7, 11) is 3.18. The molecule has 11 nitrogen and oxygen atoms in total. The van der Waals surface area contributed by atoms with Crippen LogP contribution in [0.3, 0.4) is 0 Å². The molecule has 0 saturated carbocycles. The second kappa shape index (κ2) is 16.0. The third kappa shape index (κ3) is 8.15. The number of halogens is 2. The molecule has 1 N–H and O–H groups in total. The largest absolute Gasteiger partial charge is 0.770 e. The van der Waals surface area contributed by atoms with E-state index in [0.717, 1.165) is 16.7 Å². The number of aryl methyl sites for hydroxylation is 1. The van der Waals surface area contributed by atoms with Crippen molar-refractivity contribution in [3.8, 4) is 17.2 Å². The fourth-order valence-corrected chi connectivity index (χ4v) is 7.91. The van der Waals surface area contributed by atoms with Crippen molar-refractivity contribution in [2.24, 2.45) is 0 Å². The van der Waals surface area contributed by atoms with E-state index in [1.165, 1.54) is 29.0 Å². The number of aromatic amines is 1. The molecule has 0 spiro atoms. The molecule has 4 atom stereocenters. The van der Waals surface area contributed by atoms with Crippen molar-refractivity contribution in [2.45, 2.75) is 37.4 Å². The summed E-state index contributed by atoms with van der Waals surface area (Å²) in [6.07, 6.45) is -1.49. The first-order valence-corrected chi connectivity index (χ1v) is 19.3. The van der Waals surface area contributed by atoms with Gasteiger partial charge in [0, 0.05) is 24.2 Å². The van der Waals surface area contributed by atoms with Gasteiger partial charge in [-0.25, -0.2) is 4.79 Å². The van der Waals surface area contributed by atoms with Gasteiger partial charge in [-0.2, -0.15) is 0 Å². The van der Waals surface area contributed by atoms with Crippen LogP contribution in [0.15, 0.2) is 113 Å². The molecule has 1 aliphatic heterocycles. The highest BCUT2D eigenvalue weighted by Gasteiger charge is 2.44. The molecular formula is C37H34Cl2N2O9PS-. The van der Waals surface area contributed by atoms with E-state index in [4.69, 9.17) is 63.0 Å². The third-order valence-corrected chi connectivity index (χ3v) is 10.8. The average molecular weight is 785 g/mol. The highest BCUT2D eigenvalue weighted by atomic mass is 35.5. The maximum Gasteiger partial charge on any atom is 0.330 e. The van der Waals surface area contributed by atoms with Gasteiger partial charge < -0.3 is 32.9 Å². The smallest absolute Gasteiger partial charge is 0.330 e. The van der Waals surface area contributed by atoms with Crippen LogP contribution in [0, 0.1) is 6.92 Å². The Bertz CT molecular complexity index is 2140. The van der Waals surface area contributed by atoms with Crippen LogP contribution in [0.25, 0.3) is 0 Å². The number of nitrogens with zero attached hydrogens (tertiary/aromatic N) is 1. The molecule has 0 radical (unpaired) electrons. The second-order valence-corrected chi connectivity index (χ2v) is 15.4. The van der Waals surface area contributed by atoms with Crippen molar-refractivity contribution < 1.29 is 32.9 Å². The van der Waals surface area contributed by atoms with Gasteiger partial charge >= 0.3 is 5.69 Å². The summed E-state index contributed by atoms with van der Waals surface area (Å²) in [5.74, 6) is 1.40. The van der Waals surface area contributed by atoms with Crippen molar-refractivity contribution in [2.75, 3.05) is 20.8 Å². The Morgan fingerprint density at radius 2 is 1.46 bits per heavy atom. The van der Waals surface area contributed by atoms with Crippen LogP contribution in [0.2, 0.25) is 10.0 Å². The van der Waals surface area contributed by atoms with Gasteiger partial charge in [0.1, 0.15) is 35.2 Å². The van der Waals surface area contributed by atoms with Gasteiger partial charge in [-0.15, -0.1) is 0 Å². The number of benzene rings is 4. The zero-order valence-electron chi connectivity index (χ0n) is 28.2. The summed E-state index contributed by atoms with van der Waals surface area (Å²) >= 11 is 17.5. The Labute approximate surface area is 314 Å². The van der Waals surface area contributed by atoms with Gasteiger partial charge in [-0.1, -0.05) is 77.8 Å². The van der Waals surface area contributed by atoms with Crippen LogP contribution in [-0.2, 0) is 31.4 Å². The van der Waals surface area contributed by atoms with Gasteiger partial charge in [0.15, 0.2) is 6.72 Å². The van der Waals surface area contributed by atoms with Gasteiger partial charge in [-0.05, 0) is 71.8 Å². The predicted octanol–water partition coefficient (Wildman–Crippen LogP) is 6.51. The van der Waals surface area contributed by atoms with Gasteiger partial charge in [0.25, 0.3) is 5.56 Å². The Balaban J connectivity index is 1.40. The minimum Gasteiger partial charge on any atom is -0.770 e. The Hall–Kier alpha value is -3.97. The first-order chi connectivity index (χ1) is 24.9. The monoisotopic (exact) mass is 783 g/mol. The predicted molar refractivity (Wildman–Crippen MR) is 199 cm³/mol. The number of nitrogens with one attached hydrogen (secondary N) is 1. The lowest BCUT2D eigenvalue weighted by Gasteiger charge is -2.38. The van der Waals surface area contributed by atoms with Gasteiger partial charge in [0.05, 0.1) is 37.0 Å². The Morgan fingerprint density at radius 3 is 2.04 bits per heavy atom. The summed E-state index contributed by atoms with van der Waals surface area (Å²) < 4.78 is 37.3. The van der Waals surface area contributed by atoms with E-state index in [9.17, 15) is 14.5 Å². The van der Waals surface area contributed by atoms with Crippen LogP contribution >= 0.6 is 29.9 Å². The molecule has 52 heavy (non-hydrogen) atoms. The third-order valence-electron chi connectivity index (χ3n) is 8.65. The summed E-state index contributed by atoms with van der Waals surface area (Å²) in [6, 6.07) is 28.9. The van der Waals surface area contributed by atoms with Gasteiger partial charge in [0.2, 0.25) is 0 Å². The minimum absolute atomic E-state index is 0.00812. The van der Waals surface area contributed by atoms with Crippen molar-refractivity contribution in [3.63, 3.8) is 0 Å². The molecular weight excluding hydrogens is 750 g/mol. The SMILES string of the molecule is COc1ccc(C(OC[C@H]2O[C@@H](n3cc(C)c(=O)[nH]c3=O)C[C@@H]2OP([O-])(=S)Oc2ccc(Cl)c(Cl)c2)(c2ccccc2)c2ccc(OC)cc2)cc1. The normalized spacial score (nSPS) is 18.5. The molecule has 272 valence electrons. The van der Waals surface area contributed by atoms with E-state index < -0.39 is 42.0 Å². The first kappa shape index (κ1) is 37.8. The topological polar surface area (TPSA) is 133 Å². The molecule has 1 saturated heterocycles. The van der Waals surface area contributed by atoms with Crippen LogP contribution < -0.4 is 30.1 Å². The summed E-state index contributed by atoms with van der Waals surface area (Å²) in [4.78, 5) is 41.2. The van der Waals surface area contributed by atoms with Crippen molar-refractivity contribution >= 4 is 41.7 Å². The average Bonchev–Trinajstić information content (AvgIpc) is 3.53. The van der Waals surface area contributed by atoms with E-state index in [-0.39, 0.29) is 28.8 Å². The number of hydrogen-bond acceptors (Lipinski definition) is 10. The quantitative estimate of drug-likeness (QED) is 0.104. The van der Waals surface area contributed by atoms with E-state index in [1.54, 1.807) is 21.1 Å². The first-order valence-electron chi connectivity index (χ1n) is 16.0. The van der Waals surface area contributed by atoms with Crippen LogP contribution in [0.4, 0.5) is 0 Å². The number of hydrogen-bond donors (Lipinski definition) is 1. The zero-order valence-corrected chi connectivity index (χ0v) is 31.4. The Morgan fingerprint density at radius 1 is 0.885 bits per heavy atom. The van der Waals surface area contributed by atoms with Crippen LogP contribution in [-0.4, -0.2) is 42.6 Å². The van der Waals surface area contributed by atoms with E-state index in [0.29, 0.717) is 17.1 Å². The summed E-state index contributed by atoms with van der Waals surface area (Å²) in [5, 5.41) is 0.447. The van der Waals surface area contributed by atoms with Crippen LogP contribution in [0.1, 0.15) is 34.9 Å². The maximum atomic E-state index is 13.7. The summed E-state index contributed by atoms with van der Waals surface area (Å²) in [5.41, 5.74) is 0.169. The molecule has 0 amide bonds. The maximum absolute atomic E-state index is 13.7. The van der Waals surface area contributed by atoms with Crippen LogP contribution in [0.5, 0.6) is 17.2 Å². The van der Waals surface area contributed by atoms with Gasteiger partial charge in [-0.3, -0.25) is 14.3 Å². The number of ether oxygens (including phenoxy) is 4. The molecule has 1 aliphatic rings. The lowest BCUT2D eigenvalue weighted by molar-refractivity contribution is -0.205. The number of rotatable bonds is 13. The molecule has 6 rings (SSSR count). The standard InChI is InChI=1S/C37H35Cl2N2O9PS/c1-23-21-41(36(43)40-35(23)42)34-20-32(50-51(44,52)49-29-17-18-30(38)31(39)19-29)33(48-34)22-47-37(24-7-5-4-6-8-24,25-9-13-27(45-2)14-10-25)26-11-15-28(46-3)16-12-26/h4-19,21,32-34H,20,22H2,1-3H3,(H,44,52)(H,40,42,43)/p-1/t32-,33+,34+,51?/m0/s1. The lowest BCUT2D eigenvalue weighted by atomic mass is 9.80. The number of H-pyrrole nitrogens is 1. The lowest BCUT2D eigenvalue weighted by Crippen LogP contribution is -2.39. The molecule has 1 fully saturated rings. The molecule has 0 bridgehead atoms. The zero-order chi connectivity index (χ0) is 37.0. The molecule has 15 heteroatoms. The summed E-state index contributed by atoms with van der Waals surface area (Å²) in [6.45, 7) is -2.84. The van der Waals surface area contributed by atoms with Crippen molar-refractivity contribution in [1.29, 1.82) is 0 Å². The number of methoxy groups -OCH3 is 2. The Kier molecular flexibility index (Phi) is 11.6. The van der Waals surface area contributed by atoms with Crippen molar-refractivity contribution in [1.82, 2.24) is 9.55 Å².